The Morgan fingerprint density at radius 1 is 1.40 bits per heavy atom. The number of amides is 1. The molecular weight excluding hydrogens is 338 g/mol. The zero-order valence-corrected chi connectivity index (χ0v) is 15.3. The standard InChI is InChI=1S/C17H21N5O2S/c1-4-8-21-15(24)12-7-6-11(14(23)18-10(3)5-2)9-13(12)22-16(21)19-20-17(22)25/h6-7,9-10H,4-5,8H2,1-3H3,(H,18,23)(H,20,25)/t10-/m0/s1. The third-order valence-electron chi connectivity index (χ3n) is 4.31. The minimum atomic E-state index is -0.169. The van der Waals surface area contributed by atoms with Gasteiger partial charge in [0.2, 0.25) is 10.5 Å². The van der Waals surface area contributed by atoms with Gasteiger partial charge in [-0.3, -0.25) is 18.6 Å². The number of aromatic amines is 1. The first kappa shape index (κ1) is 17.3. The van der Waals surface area contributed by atoms with Gasteiger partial charge in [0.1, 0.15) is 0 Å². The highest BCUT2D eigenvalue weighted by Gasteiger charge is 2.16. The molecule has 132 valence electrons. The van der Waals surface area contributed by atoms with Crippen molar-refractivity contribution >= 4 is 34.8 Å². The summed E-state index contributed by atoms with van der Waals surface area (Å²) in [4.78, 5) is 25.2. The van der Waals surface area contributed by atoms with E-state index in [0.717, 1.165) is 12.8 Å². The second-order valence-electron chi connectivity index (χ2n) is 6.14. The molecule has 1 atom stereocenters. The van der Waals surface area contributed by atoms with Crippen LogP contribution >= 0.6 is 12.2 Å². The molecule has 2 heterocycles. The van der Waals surface area contributed by atoms with Gasteiger partial charge >= 0.3 is 0 Å². The van der Waals surface area contributed by atoms with Crippen molar-refractivity contribution in [1.82, 2.24) is 24.5 Å². The van der Waals surface area contributed by atoms with E-state index in [9.17, 15) is 9.59 Å². The van der Waals surface area contributed by atoms with Crippen molar-refractivity contribution in [2.45, 2.75) is 46.2 Å². The number of hydrogen-bond donors (Lipinski definition) is 2. The fraction of sp³-hybridized carbons (Fsp3) is 0.412. The van der Waals surface area contributed by atoms with Crippen LogP contribution in [0.25, 0.3) is 16.7 Å². The van der Waals surface area contributed by atoms with Gasteiger partial charge in [0, 0.05) is 18.2 Å². The Labute approximate surface area is 149 Å². The number of rotatable bonds is 5. The van der Waals surface area contributed by atoms with Gasteiger partial charge in [-0.05, 0) is 50.2 Å². The molecule has 1 aromatic carbocycles. The second kappa shape index (κ2) is 6.79. The van der Waals surface area contributed by atoms with Crippen molar-refractivity contribution in [3.8, 4) is 0 Å². The van der Waals surface area contributed by atoms with Gasteiger partial charge < -0.3 is 5.32 Å². The van der Waals surface area contributed by atoms with E-state index < -0.39 is 0 Å². The fourth-order valence-corrected chi connectivity index (χ4v) is 3.02. The lowest BCUT2D eigenvalue weighted by Crippen LogP contribution is -2.32. The SMILES string of the molecule is CCCn1c(=O)c2ccc(C(=O)N[C@@H](C)CC)cc2n2c(=S)[nH]nc12. The van der Waals surface area contributed by atoms with E-state index in [1.807, 2.05) is 20.8 Å². The number of H-pyrrole nitrogens is 1. The average Bonchev–Trinajstić information content (AvgIpc) is 2.99. The molecule has 0 unspecified atom stereocenters. The number of aryl methyl sites for hydroxylation is 1. The molecule has 0 aliphatic carbocycles. The minimum absolute atomic E-state index is 0.0804. The van der Waals surface area contributed by atoms with Crippen molar-refractivity contribution in [1.29, 1.82) is 0 Å². The first-order chi connectivity index (χ1) is 12.0. The van der Waals surface area contributed by atoms with Crippen molar-refractivity contribution in [3.05, 3.63) is 38.9 Å². The Morgan fingerprint density at radius 2 is 2.16 bits per heavy atom. The molecule has 3 aromatic rings. The van der Waals surface area contributed by atoms with Gasteiger partial charge in [0.05, 0.1) is 10.9 Å². The first-order valence-corrected chi connectivity index (χ1v) is 8.83. The van der Waals surface area contributed by atoms with E-state index in [0.29, 0.717) is 33.6 Å². The summed E-state index contributed by atoms with van der Waals surface area (Å²) >= 11 is 5.33. The van der Waals surface area contributed by atoms with E-state index in [4.69, 9.17) is 12.2 Å². The maximum atomic E-state index is 12.8. The van der Waals surface area contributed by atoms with E-state index in [-0.39, 0.29) is 17.5 Å². The summed E-state index contributed by atoms with van der Waals surface area (Å²) in [7, 11) is 0. The van der Waals surface area contributed by atoms with Crippen LogP contribution in [0.1, 0.15) is 44.0 Å². The van der Waals surface area contributed by atoms with Crippen molar-refractivity contribution in [2.75, 3.05) is 0 Å². The lowest BCUT2D eigenvalue weighted by atomic mass is 10.1. The molecule has 7 nitrogen and oxygen atoms in total. The van der Waals surface area contributed by atoms with Crippen LogP contribution in [0.3, 0.4) is 0 Å². The number of nitrogens with zero attached hydrogens (tertiary/aromatic N) is 3. The number of carbonyl (C=O) groups is 1. The van der Waals surface area contributed by atoms with E-state index in [1.54, 1.807) is 27.2 Å². The molecule has 0 aliphatic rings. The molecule has 0 saturated carbocycles. The zero-order chi connectivity index (χ0) is 18.1. The van der Waals surface area contributed by atoms with Gasteiger partial charge in [-0.25, -0.2) is 5.10 Å². The van der Waals surface area contributed by atoms with E-state index >= 15 is 0 Å². The topological polar surface area (TPSA) is 84.2 Å². The molecular formula is C17H21N5O2S. The minimum Gasteiger partial charge on any atom is -0.350 e. The number of carbonyl (C=O) groups excluding carboxylic acids is 1. The molecule has 0 bridgehead atoms. The maximum Gasteiger partial charge on any atom is 0.262 e. The molecule has 0 radical (unpaired) electrons. The number of fused-ring (bicyclic) bond motifs is 3. The summed E-state index contributed by atoms with van der Waals surface area (Å²) in [6.07, 6.45) is 1.65. The Morgan fingerprint density at radius 3 is 2.84 bits per heavy atom. The van der Waals surface area contributed by atoms with E-state index in [1.165, 1.54) is 0 Å². The monoisotopic (exact) mass is 359 g/mol. The molecule has 3 rings (SSSR count). The number of benzene rings is 1. The normalized spacial score (nSPS) is 12.6. The lowest BCUT2D eigenvalue weighted by Gasteiger charge is -2.13. The smallest absolute Gasteiger partial charge is 0.262 e. The zero-order valence-electron chi connectivity index (χ0n) is 14.5. The summed E-state index contributed by atoms with van der Waals surface area (Å²) in [5.74, 6) is 0.293. The largest absolute Gasteiger partial charge is 0.350 e. The second-order valence-corrected chi connectivity index (χ2v) is 6.52. The summed E-state index contributed by atoms with van der Waals surface area (Å²) in [6.45, 7) is 6.51. The van der Waals surface area contributed by atoms with Crippen LogP contribution in [0.5, 0.6) is 0 Å². The van der Waals surface area contributed by atoms with Crippen molar-refractivity contribution in [2.24, 2.45) is 0 Å². The number of hydrogen-bond acceptors (Lipinski definition) is 4. The maximum absolute atomic E-state index is 12.8. The predicted molar refractivity (Wildman–Crippen MR) is 99.7 cm³/mol. The summed E-state index contributed by atoms with van der Waals surface area (Å²) in [5.41, 5.74) is 0.944. The van der Waals surface area contributed by atoms with Crippen molar-refractivity contribution < 1.29 is 4.79 Å². The quantitative estimate of drug-likeness (QED) is 0.686. The van der Waals surface area contributed by atoms with Crippen LogP contribution in [-0.4, -0.2) is 31.1 Å². The van der Waals surface area contributed by atoms with Crippen LogP contribution < -0.4 is 10.9 Å². The molecule has 25 heavy (non-hydrogen) atoms. The molecule has 0 saturated heterocycles. The van der Waals surface area contributed by atoms with Crippen LogP contribution in [-0.2, 0) is 6.54 Å². The highest BCUT2D eigenvalue weighted by molar-refractivity contribution is 7.71. The summed E-state index contributed by atoms with van der Waals surface area (Å²) < 4.78 is 3.71. The first-order valence-electron chi connectivity index (χ1n) is 8.42. The molecule has 0 spiro atoms. The molecule has 1 amide bonds. The third kappa shape index (κ3) is 2.97. The van der Waals surface area contributed by atoms with Crippen LogP contribution in [0.15, 0.2) is 23.0 Å². The highest BCUT2D eigenvalue weighted by atomic mass is 32.1. The molecule has 2 N–H and O–H groups in total. The van der Waals surface area contributed by atoms with Gasteiger partial charge in [-0.1, -0.05) is 13.8 Å². The van der Waals surface area contributed by atoms with Gasteiger partial charge in [0.25, 0.3) is 11.5 Å². The molecule has 2 aromatic heterocycles. The van der Waals surface area contributed by atoms with Crippen LogP contribution in [0.2, 0.25) is 0 Å². The average molecular weight is 359 g/mol. The van der Waals surface area contributed by atoms with Crippen LogP contribution in [0, 0.1) is 4.77 Å². The van der Waals surface area contributed by atoms with Gasteiger partial charge in [-0.15, -0.1) is 5.10 Å². The fourth-order valence-electron chi connectivity index (χ4n) is 2.80. The Kier molecular flexibility index (Phi) is 4.71. The summed E-state index contributed by atoms with van der Waals surface area (Å²) in [5, 5.41) is 10.4. The van der Waals surface area contributed by atoms with E-state index in [2.05, 4.69) is 15.5 Å². The lowest BCUT2D eigenvalue weighted by molar-refractivity contribution is 0.0939. The summed E-state index contributed by atoms with van der Waals surface area (Å²) in [6, 6.07) is 5.14. The van der Waals surface area contributed by atoms with Gasteiger partial charge in [-0.2, -0.15) is 0 Å². The van der Waals surface area contributed by atoms with Crippen LogP contribution in [0.4, 0.5) is 0 Å². The number of aromatic nitrogens is 4. The Bertz CT molecular complexity index is 1060. The highest BCUT2D eigenvalue weighted by Crippen LogP contribution is 2.16. The van der Waals surface area contributed by atoms with Gasteiger partial charge in [0.15, 0.2) is 0 Å². The van der Waals surface area contributed by atoms with Crippen molar-refractivity contribution in [3.63, 3.8) is 0 Å². The molecule has 8 heteroatoms. The molecule has 0 fully saturated rings. The predicted octanol–water partition coefficient (Wildman–Crippen LogP) is 2.65. The Balaban J connectivity index is 2.26. The Hall–Kier alpha value is -2.48. The molecule has 0 aliphatic heterocycles. The number of nitrogens with one attached hydrogen (secondary N) is 2. The third-order valence-corrected chi connectivity index (χ3v) is 4.58.